The molecule has 0 spiro atoms. The third kappa shape index (κ3) is 1.75. The Balaban J connectivity index is 1.93. The highest BCUT2D eigenvalue weighted by atomic mass is 32.2. The van der Waals surface area contributed by atoms with Crippen LogP contribution in [0.5, 0.6) is 0 Å². The Hall–Kier alpha value is -2.41. The molecule has 2 aromatic carbocycles. The molecular formula is C15H13N3O3S. The van der Waals surface area contributed by atoms with E-state index in [1.807, 2.05) is 31.2 Å². The summed E-state index contributed by atoms with van der Waals surface area (Å²) in [6.45, 7) is 1.90. The van der Waals surface area contributed by atoms with Crippen LogP contribution in [-0.2, 0) is 16.4 Å². The van der Waals surface area contributed by atoms with E-state index in [0.717, 1.165) is 11.3 Å². The fourth-order valence-corrected chi connectivity index (χ4v) is 4.83. The van der Waals surface area contributed by atoms with E-state index in [-0.39, 0.29) is 16.5 Å². The van der Waals surface area contributed by atoms with Crippen molar-refractivity contribution in [1.82, 2.24) is 10.3 Å². The highest BCUT2D eigenvalue weighted by Crippen LogP contribution is 2.37. The molecule has 7 heteroatoms. The summed E-state index contributed by atoms with van der Waals surface area (Å²) in [7, 11) is -3.73. The molecule has 0 bridgehead atoms. The van der Waals surface area contributed by atoms with E-state index in [1.54, 1.807) is 12.1 Å². The molecule has 1 aromatic heterocycles. The molecule has 0 N–H and O–H groups in total. The molecule has 2 heterocycles. The normalized spacial score (nSPS) is 17.9. The Labute approximate surface area is 127 Å². The molecule has 0 saturated heterocycles. The molecule has 0 radical (unpaired) electrons. The van der Waals surface area contributed by atoms with Crippen LogP contribution < -0.4 is 4.31 Å². The first kappa shape index (κ1) is 13.3. The lowest BCUT2D eigenvalue weighted by molar-refractivity contribution is 0.315. The predicted molar refractivity (Wildman–Crippen MR) is 81.1 cm³/mol. The topological polar surface area (TPSA) is 76.3 Å². The summed E-state index contributed by atoms with van der Waals surface area (Å²) in [4.78, 5) is 0.120. The van der Waals surface area contributed by atoms with Gasteiger partial charge in [-0.1, -0.05) is 24.3 Å². The Morgan fingerprint density at radius 1 is 1.14 bits per heavy atom. The molecule has 0 saturated carbocycles. The summed E-state index contributed by atoms with van der Waals surface area (Å²) in [5.74, 6) is 0. The second kappa shape index (κ2) is 4.54. The van der Waals surface area contributed by atoms with Crippen molar-refractivity contribution in [3.63, 3.8) is 0 Å². The number of hydrogen-bond acceptors (Lipinski definition) is 5. The average molecular weight is 315 g/mol. The first-order valence-corrected chi connectivity index (χ1v) is 8.36. The summed E-state index contributed by atoms with van der Waals surface area (Å²) in [6.07, 6.45) is 0.697. The van der Waals surface area contributed by atoms with Gasteiger partial charge in [0.05, 0.1) is 5.69 Å². The third-order valence-corrected chi connectivity index (χ3v) is 5.89. The van der Waals surface area contributed by atoms with Crippen molar-refractivity contribution >= 4 is 26.7 Å². The quantitative estimate of drug-likeness (QED) is 0.725. The van der Waals surface area contributed by atoms with Crippen molar-refractivity contribution in [1.29, 1.82) is 0 Å². The maximum absolute atomic E-state index is 13.1. The largest absolute Gasteiger partial charge is 0.266 e. The highest BCUT2D eigenvalue weighted by molar-refractivity contribution is 7.93. The molecule has 1 aliphatic heterocycles. The van der Waals surface area contributed by atoms with E-state index >= 15 is 0 Å². The van der Waals surface area contributed by atoms with Crippen LogP contribution in [0.1, 0.15) is 12.5 Å². The molecular weight excluding hydrogens is 302 g/mol. The molecule has 0 fully saturated rings. The standard InChI is InChI=1S/C15H13N3O3S/c1-10-9-11-5-2-3-7-13(11)18(10)22(19,20)14-8-4-6-12-15(14)17-21-16-12/h2-8,10H,9H2,1H3/t10-/m1/s1. The Bertz CT molecular complexity index is 965. The zero-order chi connectivity index (χ0) is 15.3. The number of fused-ring (bicyclic) bond motifs is 2. The maximum atomic E-state index is 13.1. The molecule has 4 rings (SSSR count). The van der Waals surface area contributed by atoms with Crippen LogP contribution in [0.15, 0.2) is 52.0 Å². The van der Waals surface area contributed by atoms with E-state index in [9.17, 15) is 8.42 Å². The summed E-state index contributed by atoms with van der Waals surface area (Å²) >= 11 is 0. The fraction of sp³-hybridized carbons (Fsp3) is 0.200. The molecule has 0 amide bonds. The highest BCUT2D eigenvalue weighted by Gasteiger charge is 2.37. The van der Waals surface area contributed by atoms with E-state index in [0.29, 0.717) is 11.9 Å². The van der Waals surface area contributed by atoms with E-state index in [4.69, 9.17) is 0 Å². The van der Waals surface area contributed by atoms with E-state index < -0.39 is 10.0 Å². The summed E-state index contributed by atoms with van der Waals surface area (Å²) in [6, 6.07) is 12.3. The van der Waals surface area contributed by atoms with Gasteiger partial charge in [-0.15, -0.1) is 0 Å². The van der Waals surface area contributed by atoms with Gasteiger partial charge in [-0.3, -0.25) is 4.31 Å². The number of para-hydroxylation sites is 1. The average Bonchev–Trinajstić information content (AvgIpc) is 3.09. The molecule has 1 atom stereocenters. The van der Waals surface area contributed by atoms with Crippen molar-refractivity contribution in [2.75, 3.05) is 4.31 Å². The van der Waals surface area contributed by atoms with Crippen LogP contribution in [0.4, 0.5) is 5.69 Å². The second-order valence-corrected chi connectivity index (χ2v) is 7.15. The van der Waals surface area contributed by atoms with Crippen molar-refractivity contribution < 1.29 is 13.0 Å². The summed E-state index contributed by atoms with van der Waals surface area (Å²) in [5, 5.41) is 7.46. The van der Waals surface area contributed by atoms with Crippen molar-refractivity contribution in [3.05, 3.63) is 48.0 Å². The first-order valence-electron chi connectivity index (χ1n) is 6.92. The van der Waals surface area contributed by atoms with Crippen LogP contribution in [0.25, 0.3) is 11.0 Å². The fourth-order valence-electron chi connectivity index (χ4n) is 3.00. The minimum absolute atomic E-state index is 0.120. The lowest BCUT2D eigenvalue weighted by Gasteiger charge is -2.24. The summed E-state index contributed by atoms with van der Waals surface area (Å²) < 4.78 is 32.4. The SMILES string of the molecule is C[C@@H]1Cc2ccccc2N1S(=O)(=O)c1cccc2nonc12. The molecule has 6 nitrogen and oxygen atoms in total. The van der Waals surface area contributed by atoms with Crippen LogP contribution in [0.2, 0.25) is 0 Å². The zero-order valence-electron chi connectivity index (χ0n) is 11.8. The Morgan fingerprint density at radius 3 is 2.82 bits per heavy atom. The van der Waals surface area contributed by atoms with Crippen molar-refractivity contribution in [2.24, 2.45) is 0 Å². The number of sulfonamides is 1. The van der Waals surface area contributed by atoms with Gasteiger partial charge in [0, 0.05) is 6.04 Å². The number of hydrogen-bond donors (Lipinski definition) is 0. The Morgan fingerprint density at radius 2 is 1.95 bits per heavy atom. The first-order chi connectivity index (χ1) is 10.6. The second-order valence-electron chi connectivity index (χ2n) is 5.37. The van der Waals surface area contributed by atoms with Gasteiger partial charge in [-0.05, 0) is 47.4 Å². The molecule has 0 aliphatic carbocycles. The van der Waals surface area contributed by atoms with Crippen LogP contribution in [0.3, 0.4) is 0 Å². The minimum Gasteiger partial charge on any atom is -0.263 e. The molecule has 1 aliphatic rings. The smallest absolute Gasteiger partial charge is 0.263 e. The van der Waals surface area contributed by atoms with Gasteiger partial charge < -0.3 is 0 Å². The van der Waals surface area contributed by atoms with Gasteiger partial charge in [0.15, 0.2) is 5.52 Å². The number of nitrogens with zero attached hydrogens (tertiary/aromatic N) is 3. The molecule has 22 heavy (non-hydrogen) atoms. The molecule has 112 valence electrons. The van der Waals surface area contributed by atoms with Gasteiger partial charge >= 0.3 is 0 Å². The van der Waals surface area contributed by atoms with Gasteiger partial charge in [0.2, 0.25) is 0 Å². The van der Waals surface area contributed by atoms with Crippen molar-refractivity contribution in [2.45, 2.75) is 24.3 Å². The number of rotatable bonds is 2. The third-order valence-electron chi connectivity index (χ3n) is 3.93. The van der Waals surface area contributed by atoms with Crippen LogP contribution >= 0.6 is 0 Å². The lowest BCUT2D eigenvalue weighted by atomic mass is 10.1. The van der Waals surface area contributed by atoms with Gasteiger partial charge in [0.1, 0.15) is 10.4 Å². The van der Waals surface area contributed by atoms with E-state index in [1.165, 1.54) is 10.4 Å². The van der Waals surface area contributed by atoms with Crippen LogP contribution in [0, 0.1) is 0 Å². The lowest BCUT2D eigenvalue weighted by Crippen LogP contribution is -2.35. The number of aromatic nitrogens is 2. The predicted octanol–water partition coefficient (Wildman–Crippen LogP) is 2.36. The number of benzene rings is 2. The van der Waals surface area contributed by atoms with Gasteiger partial charge in [-0.2, -0.15) is 0 Å². The van der Waals surface area contributed by atoms with Crippen molar-refractivity contribution in [3.8, 4) is 0 Å². The number of anilines is 1. The van der Waals surface area contributed by atoms with Gasteiger partial charge in [-0.25, -0.2) is 13.0 Å². The van der Waals surface area contributed by atoms with Crippen LogP contribution in [-0.4, -0.2) is 24.8 Å². The zero-order valence-corrected chi connectivity index (χ0v) is 12.6. The maximum Gasteiger partial charge on any atom is 0.266 e. The molecule has 0 unspecified atom stereocenters. The van der Waals surface area contributed by atoms with Gasteiger partial charge in [0.25, 0.3) is 10.0 Å². The molecule has 3 aromatic rings. The van der Waals surface area contributed by atoms with E-state index in [2.05, 4.69) is 14.9 Å². The monoisotopic (exact) mass is 315 g/mol. The Kier molecular flexibility index (Phi) is 2.74. The minimum atomic E-state index is -3.73. The summed E-state index contributed by atoms with van der Waals surface area (Å²) in [5.41, 5.74) is 2.45.